The highest BCUT2D eigenvalue weighted by molar-refractivity contribution is 9.11. The number of aryl methyl sites for hydroxylation is 1. The second-order valence-electron chi connectivity index (χ2n) is 3.35. The van der Waals surface area contributed by atoms with Gasteiger partial charge >= 0.3 is 0 Å². The van der Waals surface area contributed by atoms with Crippen molar-refractivity contribution in [3.63, 3.8) is 0 Å². The molecule has 0 aromatic carbocycles. The molecule has 0 saturated carbocycles. The Hall–Kier alpha value is -1.34. The lowest BCUT2D eigenvalue weighted by Crippen LogP contribution is -2.15. The number of aromatic nitrogens is 4. The van der Waals surface area contributed by atoms with E-state index in [1.54, 1.807) is 12.3 Å². The van der Waals surface area contributed by atoms with Crippen molar-refractivity contribution in [1.82, 2.24) is 19.6 Å². The largest absolute Gasteiger partial charge is 0.284 e. The average molecular weight is 297 g/mol. The summed E-state index contributed by atoms with van der Waals surface area (Å²) in [6.45, 7) is 1.89. The van der Waals surface area contributed by atoms with E-state index < -0.39 is 0 Å². The van der Waals surface area contributed by atoms with E-state index in [9.17, 15) is 4.79 Å². The Morgan fingerprint density at radius 3 is 3.12 bits per heavy atom. The quantitative estimate of drug-likeness (QED) is 0.634. The molecule has 3 heterocycles. The molecule has 0 aliphatic rings. The van der Waals surface area contributed by atoms with Gasteiger partial charge in [0.25, 0.3) is 5.56 Å². The molecule has 3 aromatic heterocycles. The fourth-order valence-electron chi connectivity index (χ4n) is 1.48. The van der Waals surface area contributed by atoms with Crippen molar-refractivity contribution < 1.29 is 0 Å². The lowest BCUT2D eigenvalue weighted by atomic mass is 10.2. The zero-order valence-electron chi connectivity index (χ0n) is 8.14. The molecule has 0 spiro atoms. The normalized spacial score (nSPS) is 11.4. The molecule has 0 unspecified atom stereocenters. The van der Waals surface area contributed by atoms with E-state index in [-0.39, 0.29) is 5.56 Å². The molecule has 0 saturated heterocycles. The summed E-state index contributed by atoms with van der Waals surface area (Å²) < 4.78 is 1.92. The van der Waals surface area contributed by atoms with Crippen LogP contribution in [0.4, 0.5) is 0 Å². The number of hydrogen-bond acceptors (Lipinski definition) is 5. The first-order valence-electron chi connectivity index (χ1n) is 4.47. The summed E-state index contributed by atoms with van der Waals surface area (Å²) in [5.74, 6) is 0. The highest BCUT2D eigenvalue weighted by Gasteiger charge is 2.10. The van der Waals surface area contributed by atoms with E-state index in [4.69, 9.17) is 0 Å². The summed E-state index contributed by atoms with van der Waals surface area (Å²) in [6.07, 6.45) is 1.70. The van der Waals surface area contributed by atoms with Crippen molar-refractivity contribution >= 4 is 43.3 Å². The van der Waals surface area contributed by atoms with Gasteiger partial charge in [0.1, 0.15) is 0 Å². The summed E-state index contributed by atoms with van der Waals surface area (Å²) in [4.78, 5) is 21.0. The van der Waals surface area contributed by atoms with Gasteiger partial charge in [-0.1, -0.05) is 11.3 Å². The molecule has 16 heavy (non-hydrogen) atoms. The van der Waals surface area contributed by atoms with Gasteiger partial charge in [-0.05, 0) is 34.5 Å². The summed E-state index contributed by atoms with van der Waals surface area (Å²) in [7, 11) is 0. The van der Waals surface area contributed by atoms with Gasteiger partial charge < -0.3 is 0 Å². The van der Waals surface area contributed by atoms with Gasteiger partial charge in [-0.25, -0.2) is 4.98 Å². The molecular formula is C9H5BrN4OS. The first-order chi connectivity index (χ1) is 7.65. The molecule has 3 aromatic rings. The van der Waals surface area contributed by atoms with Gasteiger partial charge in [-0.15, -0.1) is 5.10 Å². The molecule has 0 amide bonds. The molecule has 0 aliphatic carbocycles. The van der Waals surface area contributed by atoms with Crippen molar-refractivity contribution in [2.45, 2.75) is 6.92 Å². The van der Waals surface area contributed by atoms with Gasteiger partial charge in [0.2, 0.25) is 4.96 Å². The highest BCUT2D eigenvalue weighted by atomic mass is 79.9. The van der Waals surface area contributed by atoms with E-state index in [0.717, 1.165) is 5.56 Å². The van der Waals surface area contributed by atoms with Gasteiger partial charge in [-0.2, -0.15) is 9.50 Å². The monoisotopic (exact) mass is 296 g/mol. The maximum Gasteiger partial charge on any atom is 0.284 e. The van der Waals surface area contributed by atoms with Crippen LogP contribution in [0.3, 0.4) is 0 Å². The molecule has 0 bridgehead atoms. The zero-order valence-corrected chi connectivity index (χ0v) is 10.5. The van der Waals surface area contributed by atoms with Crippen LogP contribution < -0.4 is 5.56 Å². The van der Waals surface area contributed by atoms with Crippen molar-refractivity contribution in [3.8, 4) is 0 Å². The van der Waals surface area contributed by atoms with Gasteiger partial charge in [0.15, 0.2) is 9.56 Å². The third kappa shape index (κ3) is 1.35. The van der Waals surface area contributed by atoms with Gasteiger partial charge in [-0.3, -0.25) is 4.79 Å². The molecule has 0 N–H and O–H groups in total. The third-order valence-corrected chi connectivity index (χ3v) is 3.50. The van der Waals surface area contributed by atoms with Crippen LogP contribution in [0.1, 0.15) is 5.56 Å². The van der Waals surface area contributed by atoms with Crippen LogP contribution in [-0.2, 0) is 0 Å². The predicted octanol–water partition coefficient (Wildman–Crippen LogP) is 1.77. The topological polar surface area (TPSA) is 60.1 Å². The van der Waals surface area contributed by atoms with Crippen LogP contribution in [0.15, 0.2) is 21.0 Å². The number of hydrogen-bond donors (Lipinski definition) is 0. The minimum absolute atomic E-state index is 0.182. The van der Waals surface area contributed by atoms with Crippen LogP contribution >= 0.6 is 27.3 Å². The molecule has 0 fully saturated rings. The Labute approximate surface area is 102 Å². The molecule has 0 radical (unpaired) electrons. The maximum atomic E-state index is 12.1. The van der Waals surface area contributed by atoms with Gasteiger partial charge in [0, 0.05) is 6.20 Å². The SMILES string of the molecule is Cc1cnc2nc3sc(Br)nn3c(=O)c2c1. The van der Waals surface area contributed by atoms with Crippen molar-refractivity contribution in [1.29, 1.82) is 0 Å². The summed E-state index contributed by atoms with van der Waals surface area (Å²) in [5, 5.41) is 4.54. The summed E-state index contributed by atoms with van der Waals surface area (Å²) >= 11 is 4.54. The zero-order chi connectivity index (χ0) is 11.3. The first-order valence-corrected chi connectivity index (χ1v) is 6.08. The fourth-order valence-corrected chi connectivity index (χ4v) is 2.68. The smallest absolute Gasteiger partial charge is 0.266 e. The van der Waals surface area contributed by atoms with Crippen LogP contribution in [0.5, 0.6) is 0 Å². The van der Waals surface area contributed by atoms with Crippen molar-refractivity contribution in [2.24, 2.45) is 0 Å². The minimum Gasteiger partial charge on any atom is -0.266 e. The van der Waals surface area contributed by atoms with E-state index in [2.05, 4.69) is 31.0 Å². The molecule has 0 aliphatic heterocycles. The predicted molar refractivity (Wildman–Crippen MR) is 64.9 cm³/mol. The maximum absolute atomic E-state index is 12.1. The second-order valence-corrected chi connectivity index (χ2v) is 5.58. The third-order valence-electron chi connectivity index (χ3n) is 2.16. The lowest BCUT2D eigenvalue weighted by molar-refractivity contribution is 0.901. The number of nitrogens with zero attached hydrogens (tertiary/aromatic N) is 4. The first kappa shape index (κ1) is 9.86. The second kappa shape index (κ2) is 3.33. The van der Waals surface area contributed by atoms with E-state index in [1.165, 1.54) is 15.9 Å². The molecule has 5 nitrogen and oxygen atoms in total. The Morgan fingerprint density at radius 2 is 2.31 bits per heavy atom. The lowest BCUT2D eigenvalue weighted by Gasteiger charge is -1.97. The van der Waals surface area contributed by atoms with E-state index >= 15 is 0 Å². The fraction of sp³-hybridized carbons (Fsp3) is 0.111. The average Bonchev–Trinajstić information content (AvgIpc) is 2.61. The van der Waals surface area contributed by atoms with Crippen LogP contribution in [0.2, 0.25) is 0 Å². The van der Waals surface area contributed by atoms with E-state index in [0.29, 0.717) is 19.9 Å². The molecular weight excluding hydrogens is 292 g/mol. The Morgan fingerprint density at radius 1 is 1.50 bits per heavy atom. The van der Waals surface area contributed by atoms with Crippen molar-refractivity contribution in [3.05, 3.63) is 32.1 Å². The van der Waals surface area contributed by atoms with E-state index in [1.807, 2.05) is 6.92 Å². The highest BCUT2D eigenvalue weighted by Crippen LogP contribution is 2.18. The Kier molecular flexibility index (Phi) is 2.05. The van der Waals surface area contributed by atoms with Crippen LogP contribution in [0, 0.1) is 6.92 Å². The van der Waals surface area contributed by atoms with Crippen molar-refractivity contribution in [2.75, 3.05) is 0 Å². The minimum atomic E-state index is -0.182. The van der Waals surface area contributed by atoms with Gasteiger partial charge in [0.05, 0.1) is 5.39 Å². The Balaban J connectivity index is 2.60. The molecule has 80 valence electrons. The number of fused-ring (bicyclic) bond motifs is 2. The summed E-state index contributed by atoms with van der Waals surface area (Å²) in [5.41, 5.74) is 1.21. The molecule has 0 atom stereocenters. The number of halogens is 1. The molecule has 3 rings (SSSR count). The number of rotatable bonds is 0. The summed E-state index contributed by atoms with van der Waals surface area (Å²) in [6, 6.07) is 1.78. The standard InChI is InChI=1S/C9H5BrN4OS/c1-4-2-5-6(11-3-4)12-9-14(7(5)15)13-8(10)16-9/h2-3H,1H3. The molecule has 7 heteroatoms. The number of pyridine rings is 1. The van der Waals surface area contributed by atoms with Crippen LogP contribution in [0.25, 0.3) is 16.0 Å². The Bertz CT molecular complexity index is 763. The van der Waals surface area contributed by atoms with Crippen LogP contribution in [-0.4, -0.2) is 19.6 Å².